The number of nitrogens with zero attached hydrogens (tertiary/aromatic N) is 1. The highest BCUT2D eigenvalue weighted by Gasteiger charge is 2.37. The fourth-order valence-electron chi connectivity index (χ4n) is 2.52. The van der Waals surface area contributed by atoms with E-state index in [9.17, 15) is 22.7 Å². The number of aliphatic hydroxyl groups is 1. The fourth-order valence-corrected chi connectivity index (χ4v) is 3.84. The van der Waals surface area contributed by atoms with Crippen LogP contribution in [-0.2, 0) is 14.8 Å². The predicted molar refractivity (Wildman–Crippen MR) is 83.3 cm³/mol. The molecule has 3 atom stereocenters. The molecule has 2 N–H and O–H groups in total. The highest BCUT2D eigenvalue weighted by Crippen LogP contribution is 2.21. The number of carbonyl (C=O) groups excluding carboxylic acids is 1. The third-order valence-electron chi connectivity index (χ3n) is 3.68. The summed E-state index contributed by atoms with van der Waals surface area (Å²) >= 11 is 5.71. The van der Waals surface area contributed by atoms with Crippen molar-refractivity contribution in [2.24, 2.45) is 0 Å². The number of likely N-dealkylation sites (tertiary alicyclic amines) is 1. The van der Waals surface area contributed by atoms with E-state index in [-0.39, 0.29) is 24.5 Å². The molecule has 23 heavy (non-hydrogen) atoms. The number of benzene rings is 1. The van der Waals surface area contributed by atoms with Gasteiger partial charge in [-0.1, -0.05) is 11.6 Å². The van der Waals surface area contributed by atoms with Gasteiger partial charge in [0.2, 0.25) is 15.9 Å². The molecule has 0 spiro atoms. The van der Waals surface area contributed by atoms with Gasteiger partial charge in [0, 0.05) is 11.4 Å². The Hall–Kier alpha value is -1.22. The molecule has 1 aromatic carbocycles. The summed E-state index contributed by atoms with van der Waals surface area (Å²) in [5, 5.41) is 9.60. The van der Waals surface area contributed by atoms with Crippen molar-refractivity contribution in [3.63, 3.8) is 0 Å². The van der Waals surface area contributed by atoms with E-state index in [4.69, 9.17) is 11.6 Å². The lowest BCUT2D eigenvalue weighted by atomic mass is 10.2. The maximum absolute atomic E-state index is 13.4. The SMILES string of the molecule is C[C@H](NS(=O)(=O)c1ccc(Cl)cc1)C(=O)N1C[C@@H](F)C[C@H]1CO. The number of hydrogen-bond donors (Lipinski definition) is 2. The minimum absolute atomic E-state index is 0.0231. The third-order valence-corrected chi connectivity index (χ3v) is 5.49. The van der Waals surface area contributed by atoms with E-state index >= 15 is 0 Å². The van der Waals surface area contributed by atoms with Crippen LogP contribution in [0, 0.1) is 0 Å². The number of nitrogens with one attached hydrogen (secondary N) is 1. The largest absolute Gasteiger partial charge is 0.394 e. The molecule has 6 nitrogen and oxygen atoms in total. The zero-order chi connectivity index (χ0) is 17.2. The van der Waals surface area contributed by atoms with Gasteiger partial charge in [-0.3, -0.25) is 4.79 Å². The van der Waals surface area contributed by atoms with Crippen LogP contribution in [0.3, 0.4) is 0 Å². The second-order valence-corrected chi connectivity index (χ2v) is 7.61. The van der Waals surface area contributed by atoms with Crippen LogP contribution >= 0.6 is 11.6 Å². The number of aliphatic hydroxyl groups excluding tert-OH is 1. The molecule has 9 heteroatoms. The maximum Gasteiger partial charge on any atom is 0.241 e. The number of halogens is 2. The van der Waals surface area contributed by atoms with Gasteiger partial charge in [0.1, 0.15) is 6.17 Å². The normalized spacial score (nSPS) is 23.0. The van der Waals surface area contributed by atoms with Crippen molar-refractivity contribution in [3.05, 3.63) is 29.3 Å². The van der Waals surface area contributed by atoms with Crippen LogP contribution in [0.1, 0.15) is 13.3 Å². The Bertz CT molecular complexity index is 668. The summed E-state index contributed by atoms with van der Waals surface area (Å²) in [6, 6.07) is 3.81. The van der Waals surface area contributed by atoms with E-state index in [0.29, 0.717) is 5.02 Å². The van der Waals surface area contributed by atoms with E-state index in [1.54, 1.807) is 0 Å². The first kappa shape index (κ1) is 18.1. The summed E-state index contributed by atoms with van der Waals surface area (Å²) < 4.78 is 40.2. The number of amides is 1. The number of carbonyl (C=O) groups is 1. The second kappa shape index (κ2) is 7.12. The molecule has 0 radical (unpaired) electrons. The zero-order valence-corrected chi connectivity index (χ0v) is 14.0. The average molecular weight is 365 g/mol. The molecule has 0 unspecified atom stereocenters. The molecule has 2 rings (SSSR count). The predicted octanol–water partition coefficient (Wildman–Crippen LogP) is 0.938. The van der Waals surface area contributed by atoms with Crippen LogP contribution in [0.4, 0.5) is 4.39 Å². The van der Waals surface area contributed by atoms with Crippen molar-refractivity contribution in [2.45, 2.75) is 36.5 Å². The third kappa shape index (κ3) is 4.20. The molecule has 1 fully saturated rings. The standard InChI is InChI=1S/C14H18ClFN2O4S/c1-9(14(20)18-7-11(16)6-12(18)8-19)17-23(21,22)13-4-2-10(15)3-5-13/h2-5,9,11-12,17,19H,6-8H2,1H3/t9-,11-,12-/m0/s1. The minimum atomic E-state index is -3.90. The highest BCUT2D eigenvalue weighted by molar-refractivity contribution is 7.89. The molecule has 1 saturated heterocycles. The molecule has 0 bridgehead atoms. The summed E-state index contributed by atoms with van der Waals surface area (Å²) in [5.74, 6) is -0.568. The van der Waals surface area contributed by atoms with Crippen LogP contribution < -0.4 is 4.72 Å². The Balaban J connectivity index is 2.10. The first-order valence-corrected chi connectivity index (χ1v) is 8.94. The maximum atomic E-state index is 13.4. The van der Waals surface area contributed by atoms with Crippen LogP contribution in [-0.4, -0.2) is 55.7 Å². The van der Waals surface area contributed by atoms with Crippen molar-refractivity contribution in [1.82, 2.24) is 9.62 Å². The summed E-state index contributed by atoms with van der Waals surface area (Å²) in [4.78, 5) is 13.5. The van der Waals surface area contributed by atoms with Crippen molar-refractivity contribution < 1.29 is 22.7 Å². The van der Waals surface area contributed by atoms with Crippen LogP contribution in [0.5, 0.6) is 0 Å². The van der Waals surface area contributed by atoms with Crippen LogP contribution in [0.25, 0.3) is 0 Å². The highest BCUT2D eigenvalue weighted by atomic mass is 35.5. The molecule has 128 valence electrons. The minimum Gasteiger partial charge on any atom is -0.394 e. The average Bonchev–Trinajstić information content (AvgIpc) is 2.87. The van der Waals surface area contributed by atoms with Gasteiger partial charge in [-0.2, -0.15) is 4.72 Å². The van der Waals surface area contributed by atoms with Gasteiger partial charge in [-0.25, -0.2) is 12.8 Å². The van der Waals surface area contributed by atoms with Crippen LogP contribution in [0.2, 0.25) is 5.02 Å². The van der Waals surface area contributed by atoms with Gasteiger partial charge >= 0.3 is 0 Å². The molecule has 1 amide bonds. The van der Waals surface area contributed by atoms with Gasteiger partial charge in [-0.05, 0) is 31.2 Å². The Morgan fingerprint density at radius 1 is 1.48 bits per heavy atom. The van der Waals surface area contributed by atoms with Crippen molar-refractivity contribution in [2.75, 3.05) is 13.2 Å². The Kier molecular flexibility index (Phi) is 5.61. The number of sulfonamides is 1. The van der Waals surface area contributed by atoms with Gasteiger partial charge in [0.25, 0.3) is 0 Å². The van der Waals surface area contributed by atoms with Crippen molar-refractivity contribution in [1.29, 1.82) is 0 Å². The lowest BCUT2D eigenvalue weighted by Gasteiger charge is -2.26. The van der Waals surface area contributed by atoms with Crippen molar-refractivity contribution in [3.8, 4) is 0 Å². The first-order chi connectivity index (χ1) is 10.7. The summed E-state index contributed by atoms with van der Waals surface area (Å²) in [6.45, 7) is 0.885. The Labute approximate surface area is 139 Å². The Morgan fingerprint density at radius 3 is 2.65 bits per heavy atom. The van der Waals surface area contributed by atoms with E-state index < -0.39 is 34.2 Å². The molecular weight excluding hydrogens is 347 g/mol. The lowest BCUT2D eigenvalue weighted by molar-refractivity contribution is -0.134. The number of hydrogen-bond acceptors (Lipinski definition) is 4. The molecular formula is C14H18ClFN2O4S. The second-order valence-electron chi connectivity index (χ2n) is 5.46. The topological polar surface area (TPSA) is 86.7 Å². The summed E-state index contributed by atoms with van der Waals surface area (Å²) in [5.41, 5.74) is 0. The number of alkyl halides is 1. The molecule has 1 aliphatic heterocycles. The van der Waals surface area contributed by atoms with Gasteiger partial charge in [0.05, 0.1) is 30.1 Å². The van der Waals surface area contributed by atoms with E-state index in [0.717, 1.165) is 0 Å². The quantitative estimate of drug-likeness (QED) is 0.814. The summed E-state index contributed by atoms with van der Waals surface area (Å²) in [6.07, 6.45) is -1.16. The first-order valence-electron chi connectivity index (χ1n) is 7.08. The number of rotatable bonds is 5. The van der Waals surface area contributed by atoms with Gasteiger partial charge in [0.15, 0.2) is 0 Å². The molecule has 1 aliphatic rings. The molecule has 0 aromatic heterocycles. The van der Waals surface area contributed by atoms with E-state index in [1.165, 1.54) is 36.1 Å². The van der Waals surface area contributed by atoms with Crippen LogP contribution in [0.15, 0.2) is 29.2 Å². The molecule has 1 aromatic rings. The fraction of sp³-hybridized carbons (Fsp3) is 0.500. The molecule has 0 saturated carbocycles. The van der Waals surface area contributed by atoms with Crippen molar-refractivity contribution >= 4 is 27.5 Å². The van der Waals surface area contributed by atoms with E-state index in [2.05, 4.69) is 4.72 Å². The van der Waals surface area contributed by atoms with Gasteiger partial charge < -0.3 is 10.0 Å². The monoisotopic (exact) mass is 364 g/mol. The van der Waals surface area contributed by atoms with Gasteiger partial charge in [-0.15, -0.1) is 0 Å². The molecule has 1 heterocycles. The Morgan fingerprint density at radius 2 is 2.09 bits per heavy atom. The smallest absolute Gasteiger partial charge is 0.241 e. The van der Waals surface area contributed by atoms with E-state index in [1.807, 2.05) is 0 Å². The lowest BCUT2D eigenvalue weighted by Crippen LogP contribution is -2.49. The molecule has 0 aliphatic carbocycles. The summed E-state index contributed by atoms with van der Waals surface area (Å²) in [7, 11) is -3.90. The zero-order valence-electron chi connectivity index (χ0n) is 12.4.